The van der Waals surface area contributed by atoms with Gasteiger partial charge in [-0.15, -0.1) is 0 Å². The maximum Gasteiger partial charge on any atom is 0.251 e. The molecule has 28 heavy (non-hydrogen) atoms. The van der Waals surface area contributed by atoms with Crippen molar-refractivity contribution in [2.75, 3.05) is 31.6 Å². The van der Waals surface area contributed by atoms with Crippen LogP contribution in [0.3, 0.4) is 0 Å². The highest BCUT2D eigenvalue weighted by Gasteiger charge is 2.29. The second-order valence-electron chi connectivity index (χ2n) is 7.38. The number of benzene rings is 1. The Hall–Kier alpha value is -2.02. The van der Waals surface area contributed by atoms with E-state index in [4.69, 9.17) is 0 Å². The molecule has 1 aromatic rings. The minimum atomic E-state index is -0.507. The minimum absolute atomic E-state index is 0.00645. The fraction of sp³-hybridized carbons (Fsp3) is 0.571. The van der Waals surface area contributed by atoms with Crippen molar-refractivity contribution in [2.24, 2.45) is 5.92 Å². The SMILES string of the molecule is CSCCC(NC(=O)c1cccc(C)c1)C(=O)N1CCC(CNC(C)=O)CC1. The van der Waals surface area contributed by atoms with Gasteiger partial charge in [0.05, 0.1) is 0 Å². The van der Waals surface area contributed by atoms with Crippen LogP contribution in [0.25, 0.3) is 0 Å². The maximum absolute atomic E-state index is 13.0. The van der Waals surface area contributed by atoms with Crippen LogP contribution in [0.5, 0.6) is 0 Å². The monoisotopic (exact) mass is 405 g/mol. The zero-order valence-electron chi connectivity index (χ0n) is 17.0. The van der Waals surface area contributed by atoms with E-state index < -0.39 is 6.04 Å². The summed E-state index contributed by atoms with van der Waals surface area (Å²) in [6, 6.07) is 6.89. The smallest absolute Gasteiger partial charge is 0.251 e. The van der Waals surface area contributed by atoms with Gasteiger partial charge in [-0.2, -0.15) is 11.8 Å². The first-order chi connectivity index (χ1) is 13.4. The van der Waals surface area contributed by atoms with Crippen molar-refractivity contribution in [3.63, 3.8) is 0 Å². The fourth-order valence-electron chi connectivity index (χ4n) is 3.39. The molecule has 6 nitrogen and oxygen atoms in total. The molecule has 1 saturated heterocycles. The molecule has 0 bridgehead atoms. The van der Waals surface area contributed by atoms with Gasteiger partial charge in [-0.25, -0.2) is 0 Å². The van der Waals surface area contributed by atoms with E-state index in [0.717, 1.165) is 24.2 Å². The van der Waals surface area contributed by atoms with Gasteiger partial charge in [0.25, 0.3) is 5.91 Å². The standard InChI is InChI=1S/C21H31N3O3S/c1-15-5-4-6-18(13-15)20(26)23-19(9-12-28-3)21(27)24-10-7-17(8-11-24)14-22-16(2)25/h4-6,13,17,19H,7-12,14H2,1-3H3,(H,22,25)(H,23,26). The topological polar surface area (TPSA) is 78.5 Å². The van der Waals surface area contributed by atoms with Gasteiger partial charge in [-0.1, -0.05) is 17.7 Å². The van der Waals surface area contributed by atoms with Crippen LogP contribution in [0.1, 0.15) is 42.1 Å². The number of hydrogen-bond acceptors (Lipinski definition) is 4. The normalized spacial score (nSPS) is 15.8. The number of carbonyl (C=O) groups excluding carboxylic acids is 3. The third-order valence-electron chi connectivity index (χ3n) is 5.06. The molecule has 2 rings (SSSR count). The Morgan fingerprint density at radius 3 is 2.57 bits per heavy atom. The van der Waals surface area contributed by atoms with Crippen molar-refractivity contribution in [1.29, 1.82) is 0 Å². The fourth-order valence-corrected chi connectivity index (χ4v) is 3.86. The molecule has 1 aliphatic rings. The third kappa shape index (κ3) is 6.86. The van der Waals surface area contributed by atoms with Crippen molar-refractivity contribution in [3.8, 4) is 0 Å². The average molecular weight is 406 g/mol. The van der Waals surface area contributed by atoms with Gasteiger partial charge in [0.15, 0.2) is 0 Å². The lowest BCUT2D eigenvalue weighted by molar-refractivity contribution is -0.134. The number of nitrogens with one attached hydrogen (secondary N) is 2. The number of piperidine rings is 1. The summed E-state index contributed by atoms with van der Waals surface area (Å²) < 4.78 is 0. The molecule has 3 amide bonds. The number of thioether (sulfide) groups is 1. The molecule has 0 saturated carbocycles. The molecule has 7 heteroatoms. The van der Waals surface area contributed by atoms with Crippen LogP contribution in [0, 0.1) is 12.8 Å². The van der Waals surface area contributed by atoms with E-state index in [1.807, 2.05) is 36.3 Å². The van der Waals surface area contributed by atoms with E-state index in [9.17, 15) is 14.4 Å². The van der Waals surface area contributed by atoms with Gasteiger partial charge in [0.2, 0.25) is 11.8 Å². The number of carbonyl (C=O) groups is 3. The van der Waals surface area contributed by atoms with Crippen molar-refractivity contribution in [3.05, 3.63) is 35.4 Å². The van der Waals surface area contributed by atoms with Crippen LogP contribution in [-0.4, -0.2) is 60.3 Å². The molecule has 0 spiro atoms. The second kappa shape index (κ2) is 11.1. The predicted octanol–water partition coefficient (Wildman–Crippen LogP) is 2.22. The Balaban J connectivity index is 1.95. The van der Waals surface area contributed by atoms with Crippen LogP contribution in [0.4, 0.5) is 0 Å². The van der Waals surface area contributed by atoms with Gasteiger partial charge in [0.1, 0.15) is 6.04 Å². The molecular weight excluding hydrogens is 374 g/mol. The van der Waals surface area contributed by atoms with Gasteiger partial charge in [-0.05, 0) is 56.2 Å². The Labute approximate surface area is 171 Å². The summed E-state index contributed by atoms with van der Waals surface area (Å²) in [5, 5.41) is 5.80. The molecule has 154 valence electrons. The number of hydrogen-bond donors (Lipinski definition) is 2. The number of rotatable bonds is 8. The summed E-state index contributed by atoms with van der Waals surface area (Å²) in [5.74, 6) is 0.981. The summed E-state index contributed by atoms with van der Waals surface area (Å²) in [7, 11) is 0. The van der Waals surface area contributed by atoms with Gasteiger partial charge in [0, 0.05) is 32.1 Å². The zero-order valence-corrected chi connectivity index (χ0v) is 17.8. The van der Waals surface area contributed by atoms with E-state index >= 15 is 0 Å². The van der Waals surface area contributed by atoms with Crippen LogP contribution in [0.2, 0.25) is 0 Å². The average Bonchev–Trinajstić information content (AvgIpc) is 2.69. The number of amides is 3. The Bertz CT molecular complexity index is 687. The van der Waals surface area contributed by atoms with Crippen molar-refractivity contribution >= 4 is 29.5 Å². The molecule has 1 unspecified atom stereocenters. The lowest BCUT2D eigenvalue weighted by Gasteiger charge is -2.34. The lowest BCUT2D eigenvalue weighted by atomic mass is 9.96. The van der Waals surface area contributed by atoms with Gasteiger partial charge < -0.3 is 15.5 Å². The van der Waals surface area contributed by atoms with Crippen LogP contribution < -0.4 is 10.6 Å². The quantitative estimate of drug-likeness (QED) is 0.695. The first-order valence-electron chi connectivity index (χ1n) is 9.80. The van der Waals surface area contributed by atoms with Crippen molar-refractivity contribution in [1.82, 2.24) is 15.5 Å². The molecule has 1 atom stereocenters. The summed E-state index contributed by atoms with van der Waals surface area (Å²) in [6.07, 6.45) is 4.35. The van der Waals surface area contributed by atoms with E-state index in [1.54, 1.807) is 17.8 Å². The van der Waals surface area contributed by atoms with Crippen LogP contribution in [-0.2, 0) is 9.59 Å². The summed E-state index contributed by atoms with van der Waals surface area (Å²) in [5.41, 5.74) is 1.59. The zero-order chi connectivity index (χ0) is 20.5. The highest BCUT2D eigenvalue weighted by Crippen LogP contribution is 2.18. The van der Waals surface area contributed by atoms with Crippen LogP contribution >= 0.6 is 11.8 Å². The summed E-state index contributed by atoms with van der Waals surface area (Å²) in [6.45, 7) is 5.46. The number of likely N-dealkylation sites (tertiary alicyclic amines) is 1. The highest BCUT2D eigenvalue weighted by atomic mass is 32.2. The minimum Gasteiger partial charge on any atom is -0.356 e. The lowest BCUT2D eigenvalue weighted by Crippen LogP contribution is -2.51. The summed E-state index contributed by atoms with van der Waals surface area (Å²) in [4.78, 5) is 38.6. The first kappa shape index (κ1) is 22.3. The Morgan fingerprint density at radius 2 is 1.96 bits per heavy atom. The van der Waals surface area contributed by atoms with E-state index in [0.29, 0.717) is 37.5 Å². The van der Waals surface area contributed by atoms with E-state index in [2.05, 4.69) is 10.6 Å². The van der Waals surface area contributed by atoms with Gasteiger partial charge in [-0.3, -0.25) is 14.4 Å². The highest BCUT2D eigenvalue weighted by molar-refractivity contribution is 7.98. The molecule has 1 aromatic carbocycles. The predicted molar refractivity (Wildman–Crippen MR) is 113 cm³/mol. The molecule has 0 aliphatic carbocycles. The van der Waals surface area contributed by atoms with Crippen molar-refractivity contribution in [2.45, 2.75) is 39.2 Å². The van der Waals surface area contributed by atoms with Crippen molar-refractivity contribution < 1.29 is 14.4 Å². The van der Waals surface area contributed by atoms with Crippen LogP contribution in [0.15, 0.2) is 24.3 Å². The number of nitrogens with zero attached hydrogens (tertiary/aromatic N) is 1. The molecule has 0 aromatic heterocycles. The molecule has 1 aliphatic heterocycles. The molecule has 1 heterocycles. The Morgan fingerprint density at radius 1 is 1.25 bits per heavy atom. The van der Waals surface area contributed by atoms with Gasteiger partial charge >= 0.3 is 0 Å². The molecular formula is C21H31N3O3S. The second-order valence-corrected chi connectivity index (χ2v) is 8.37. The van der Waals surface area contributed by atoms with E-state index in [-0.39, 0.29) is 17.7 Å². The molecule has 0 radical (unpaired) electrons. The molecule has 2 N–H and O–H groups in total. The largest absolute Gasteiger partial charge is 0.356 e. The molecule has 1 fully saturated rings. The maximum atomic E-state index is 13.0. The van der Waals surface area contributed by atoms with E-state index in [1.165, 1.54) is 6.92 Å². The first-order valence-corrected chi connectivity index (χ1v) is 11.2. The third-order valence-corrected chi connectivity index (χ3v) is 5.70. The summed E-state index contributed by atoms with van der Waals surface area (Å²) >= 11 is 1.67. The number of aryl methyl sites for hydroxylation is 1. The Kier molecular flexibility index (Phi) is 8.83.